The molecule has 5 nitrogen and oxygen atoms in total. The number of nitrogen functional groups attached to an aromatic ring is 1. The first-order valence-corrected chi connectivity index (χ1v) is 8.16. The highest BCUT2D eigenvalue weighted by Crippen LogP contribution is 2.31. The van der Waals surface area contributed by atoms with Crippen LogP contribution in [0.3, 0.4) is 0 Å². The number of anilines is 2. The number of thiophene rings is 1. The minimum absolute atomic E-state index is 0.506. The van der Waals surface area contributed by atoms with Crippen LogP contribution in [0, 0.1) is 5.92 Å². The Labute approximate surface area is 123 Å². The molecule has 0 bridgehead atoms. The van der Waals surface area contributed by atoms with Crippen molar-refractivity contribution in [1.29, 1.82) is 0 Å². The van der Waals surface area contributed by atoms with E-state index in [1.54, 1.807) is 11.3 Å². The number of hydrogen-bond donors (Lipinski definition) is 2. The highest BCUT2D eigenvalue weighted by Gasteiger charge is 2.20. The van der Waals surface area contributed by atoms with E-state index >= 15 is 0 Å². The molecule has 0 amide bonds. The van der Waals surface area contributed by atoms with Crippen LogP contribution in [0.4, 0.5) is 11.8 Å². The first-order chi connectivity index (χ1) is 9.81. The van der Waals surface area contributed by atoms with Crippen molar-refractivity contribution in [3.8, 4) is 0 Å². The number of fused-ring (bicyclic) bond motifs is 1. The molecule has 0 saturated carbocycles. The van der Waals surface area contributed by atoms with Crippen LogP contribution >= 0.6 is 11.3 Å². The maximum Gasteiger partial charge on any atom is 0.240 e. The standard InChI is InChI=1S/C14H21N5S/c1-2-10-4-3-7-19(8-5-10)12-11-6-9-20-13(11)17-14(16-12)18-15/h6,9-10H,2-5,7-8,15H2,1H3,(H,16,17,18). The van der Waals surface area contributed by atoms with Crippen molar-refractivity contribution in [2.75, 3.05) is 23.4 Å². The summed E-state index contributed by atoms with van der Waals surface area (Å²) in [7, 11) is 0. The Bertz CT molecular complexity index is 582. The molecule has 1 aliphatic rings. The minimum atomic E-state index is 0.506. The van der Waals surface area contributed by atoms with Crippen molar-refractivity contribution in [2.24, 2.45) is 11.8 Å². The van der Waals surface area contributed by atoms with Gasteiger partial charge in [-0.05, 0) is 36.6 Å². The van der Waals surface area contributed by atoms with Gasteiger partial charge in [0.2, 0.25) is 5.95 Å². The second kappa shape index (κ2) is 5.93. The van der Waals surface area contributed by atoms with Gasteiger partial charge in [0.1, 0.15) is 10.6 Å². The molecule has 0 radical (unpaired) electrons. The van der Waals surface area contributed by atoms with Crippen molar-refractivity contribution >= 4 is 33.3 Å². The van der Waals surface area contributed by atoms with Gasteiger partial charge in [0.25, 0.3) is 0 Å². The molecule has 3 rings (SSSR count). The second-order valence-electron chi connectivity index (χ2n) is 5.35. The van der Waals surface area contributed by atoms with Crippen LogP contribution in [-0.4, -0.2) is 23.1 Å². The van der Waals surface area contributed by atoms with Gasteiger partial charge in [0.15, 0.2) is 0 Å². The van der Waals surface area contributed by atoms with Gasteiger partial charge in [-0.15, -0.1) is 11.3 Å². The Balaban J connectivity index is 1.94. The van der Waals surface area contributed by atoms with Gasteiger partial charge in [0.05, 0.1) is 5.39 Å². The monoisotopic (exact) mass is 291 g/mol. The predicted molar refractivity (Wildman–Crippen MR) is 85.1 cm³/mol. The number of hydrazine groups is 1. The number of hydrogen-bond acceptors (Lipinski definition) is 6. The van der Waals surface area contributed by atoms with Crippen LogP contribution < -0.4 is 16.2 Å². The Morgan fingerprint density at radius 3 is 3.10 bits per heavy atom. The van der Waals surface area contributed by atoms with E-state index in [0.717, 1.165) is 35.0 Å². The van der Waals surface area contributed by atoms with Crippen molar-refractivity contribution in [3.05, 3.63) is 11.4 Å². The Kier molecular flexibility index (Phi) is 4.03. The molecule has 2 aromatic heterocycles. The van der Waals surface area contributed by atoms with Crippen molar-refractivity contribution in [1.82, 2.24) is 9.97 Å². The molecule has 1 saturated heterocycles. The summed E-state index contributed by atoms with van der Waals surface area (Å²) in [6, 6.07) is 2.11. The largest absolute Gasteiger partial charge is 0.356 e. The van der Waals surface area contributed by atoms with Gasteiger partial charge < -0.3 is 4.90 Å². The van der Waals surface area contributed by atoms with Crippen molar-refractivity contribution in [2.45, 2.75) is 32.6 Å². The van der Waals surface area contributed by atoms with E-state index in [2.05, 4.69) is 38.7 Å². The fourth-order valence-corrected chi connectivity index (χ4v) is 3.69. The Morgan fingerprint density at radius 1 is 1.40 bits per heavy atom. The molecule has 1 atom stereocenters. The lowest BCUT2D eigenvalue weighted by atomic mass is 9.98. The summed E-state index contributed by atoms with van der Waals surface area (Å²) in [5.41, 5.74) is 2.58. The van der Waals surface area contributed by atoms with E-state index < -0.39 is 0 Å². The second-order valence-corrected chi connectivity index (χ2v) is 6.24. The topological polar surface area (TPSA) is 67.1 Å². The van der Waals surface area contributed by atoms with Crippen LogP contribution in [0.15, 0.2) is 11.4 Å². The zero-order valence-electron chi connectivity index (χ0n) is 11.8. The van der Waals surface area contributed by atoms with Crippen molar-refractivity contribution < 1.29 is 0 Å². The summed E-state index contributed by atoms with van der Waals surface area (Å²) >= 11 is 1.63. The van der Waals surface area contributed by atoms with Crippen LogP contribution in [-0.2, 0) is 0 Å². The van der Waals surface area contributed by atoms with Crippen LogP contribution in [0.5, 0.6) is 0 Å². The molecular weight excluding hydrogens is 270 g/mol. The van der Waals surface area contributed by atoms with Gasteiger partial charge in [0, 0.05) is 13.1 Å². The van der Waals surface area contributed by atoms with Crippen LogP contribution in [0.1, 0.15) is 32.6 Å². The van der Waals surface area contributed by atoms with E-state index in [-0.39, 0.29) is 0 Å². The van der Waals surface area contributed by atoms with Gasteiger partial charge in [-0.1, -0.05) is 13.3 Å². The van der Waals surface area contributed by atoms with Crippen molar-refractivity contribution in [3.63, 3.8) is 0 Å². The normalized spacial score (nSPS) is 20.1. The minimum Gasteiger partial charge on any atom is -0.356 e. The van der Waals surface area contributed by atoms with Gasteiger partial charge >= 0.3 is 0 Å². The summed E-state index contributed by atoms with van der Waals surface area (Å²) in [4.78, 5) is 12.4. The van der Waals surface area contributed by atoms with E-state index in [1.807, 2.05) is 0 Å². The lowest BCUT2D eigenvalue weighted by Crippen LogP contribution is -2.26. The molecule has 0 aromatic carbocycles. The number of rotatable bonds is 3. The predicted octanol–water partition coefficient (Wildman–Crippen LogP) is 2.99. The third-order valence-electron chi connectivity index (χ3n) is 4.16. The first kappa shape index (κ1) is 13.6. The maximum absolute atomic E-state index is 5.49. The zero-order chi connectivity index (χ0) is 13.9. The summed E-state index contributed by atoms with van der Waals surface area (Å²) in [6.07, 6.45) is 5.09. The molecular formula is C14H21N5S. The number of aromatic nitrogens is 2. The molecule has 0 aliphatic carbocycles. The van der Waals surface area contributed by atoms with E-state index in [1.165, 1.54) is 25.7 Å². The van der Waals surface area contributed by atoms with E-state index in [9.17, 15) is 0 Å². The molecule has 1 unspecified atom stereocenters. The number of nitrogens with one attached hydrogen (secondary N) is 1. The van der Waals surface area contributed by atoms with Gasteiger partial charge in [-0.3, -0.25) is 5.43 Å². The molecule has 6 heteroatoms. The lowest BCUT2D eigenvalue weighted by Gasteiger charge is -2.22. The third-order valence-corrected chi connectivity index (χ3v) is 4.97. The fraction of sp³-hybridized carbons (Fsp3) is 0.571. The molecule has 0 spiro atoms. The SMILES string of the molecule is CCC1CCCN(c2nc(NN)nc3sccc23)CC1. The summed E-state index contributed by atoms with van der Waals surface area (Å²) in [5, 5.41) is 3.21. The van der Waals surface area contributed by atoms with Crippen LogP contribution in [0.25, 0.3) is 10.2 Å². The Hall–Kier alpha value is -1.40. The smallest absolute Gasteiger partial charge is 0.240 e. The lowest BCUT2D eigenvalue weighted by molar-refractivity contribution is 0.459. The molecule has 108 valence electrons. The number of nitrogens with zero attached hydrogens (tertiary/aromatic N) is 3. The zero-order valence-corrected chi connectivity index (χ0v) is 12.6. The summed E-state index contributed by atoms with van der Waals surface area (Å²) in [5.74, 6) is 7.88. The average molecular weight is 291 g/mol. The molecule has 1 fully saturated rings. The highest BCUT2D eigenvalue weighted by atomic mass is 32.1. The fourth-order valence-electron chi connectivity index (χ4n) is 2.93. The van der Waals surface area contributed by atoms with Crippen LogP contribution in [0.2, 0.25) is 0 Å². The molecule has 3 heterocycles. The van der Waals surface area contributed by atoms with Gasteiger partial charge in [-0.25, -0.2) is 10.8 Å². The quantitative estimate of drug-likeness (QED) is 0.672. The molecule has 2 aromatic rings. The number of nitrogens with two attached hydrogens (primary N) is 1. The molecule has 3 N–H and O–H groups in total. The highest BCUT2D eigenvalue weighted by molar-refractivity contribution is 7.16. The van der Waals surface area contributed by atoms with E-state index in [4.69, 9.17) is 5.84 Å². The summed E-state index contributed by atoms with van der Waals surface area (Å²) < 4.78 is 0. The summed E-state index contributed by atoms with van der Waals surface area (Å²) in [6.45, 7) is 4.44. The maximum atomic E-state index is 5.49. The first-order valence-electron chi connectivity index (χ1n) is 7.28. The Morgan fingerprint density at radius 2 is 2.30 bits per heavy atom. The third kappa shape index (κ3) is 2.58. The molecule has 1 aliphatic heterocycles. The van der Waals surface area contributed by atoms with Gasteiger partial charge in [-0.2, -0.15) is 4.98 Å². The molecule has 20 heavy (non-hydrogen) atoms. The van der Waals surface area contributed by atoms with E-state index in [0.29, 0.717) is 5.95 Å². The average Bonchev–Trinajstić information content (AvgIpc) is 2.82.